The molecule has 4 N–H and O–H groups in total. The van der Waals surface area contributed by atoms with Gasteiger partial charge in [-0.2, -0.15) is 0 Å². The van der Waals surface area contributed by atoms with E-state index >= 15 is 0 Å². The molecule has 4 aromatic rings. The number of imide groups is 1. The molecule has 3 aliphatic heterocycles. The SMILES string of the molecule is CC(=O)Nc1ccc(N2C(=O)[C@@H]3[C@H](Cc4c[nH]c5ccccc45)N[C@@]4(C(=O)Nc5c(Cl)cccc54)[C@@H]3C2=O)cc1. The van der Waals surface area contributed by atoms with E-state index in [2.05, 4.69) is 20.9 Å². The normalized spacial score (nSPS) is 25.0. The summed E-state index contributed by atoms with van der Waals surface area (Å²) >= 11 is 6.46. The molecule has 0 radical (unpaired) electrons. The number of H-pyrrole nitrogens is 1. The van der Waals surface area contributed by atoms with Crippen LogP contribution in [-0.2, 0) is 31.1 Å². The minimum absolute atomic E-state index is 0.228. The quantitative estimate of drug-likeness (QED) is 0.285. The van der Waals surface area contributed by atoms with Crippen molar-refractivity contribution in [1.29, 1.82) is 0 Å². The van der Waals surface area contributed by atoms with Gasteiger partial charge in [0.1, 0.15) is 5.54 Å². The van der Waals surface area contributed by atoms with Crippen LogP contribution < -0.4 is 20.9 Å². The number of carbonyl (C=O) groups is 4. The third-order valence-electron chi connectivity index (χ3n) is 8.26. The van der Waals surface area contributed by atoms with Crippen LogP contribution in [0.2, 0.25) is 5.02 Å². The van der Waals surface area contributed by atoms with Gasteiger partial charge in [-0.25, -0.2) is 4.90 Å². The number of hydrogen-bond donors (Lipinski definition) is 4. The van der Waals surface area contributed by atoms with Crippen molar-refractivity contribution in [1.82, 2.24) is 10.3 Å². The number of hydrogen-bond acceptors (Lipinski definition) is 5. The topological polar surface area (TPSA) is 123 Å². The lowest BCUT2D eigenvalue weighted by molar-refractivity contribution is -0.130. The van der Waals surface area contributed by atoms with E-state index in [1.54, 1.807) is 42.5 Å². The third kappa shape index (κ3) is 3.38. The third-order valence-corrected chi connectivity index (χ3v) is 8.57. The van der Waals surface area contributed by atoms with Gasteiger partial charge in [-0.15, -0.1) is 0 Å². The number of benzene rings is 3. The van der Waals surface area contributed by atoms with E-state index in [1.165, 1.54) is 11.8 Å². The number of para-hydroxylation sites is 2. The summed E-state index contributed by atoms with van der Waals surface area (Å²) in [5, 5.41) is 10.4. The molecule has 40 heavy (non-hydrogen) atoms. The van der Waals surface area contributed by atoms with Gasteiger partial charge in [0.05, 0.1) is 28.2 Å². The minimum Gasteiger partial charge on any atom is -0.361 e. The number of anilines is 3. The van der Waals surface area contributed by atoms with Crippen LogP contribution in [0.4, 0.5) is 17.1 Å². The highest BCUT2D eigenvalue weighted by Crippen LogP contribution is 2.55. The number of halogens is 1. The Hall–Kier alpha value is -4.47. The molecule has 2 saturated heterocycles. The van der Waals surface area contributed by atoms with Gasteiger partial charge in [-0.05, 0) is 48.4 Å². The van der Waals surface area contributed by atoms with Crippen molar-refractivity contribution >= 4 is 63.2 Å². The molecule has 0 bridgehead atoms. The molecule has 1 spiro atoms. The summed E-state index contributed by atoms with van der Waals surface area (Å²) in [6, 6.07) is 19.1. The number of amides is 4. The maximum Gasteiger partial charge on any atom is 0.250 e. The average Bonchev–Trinajstić information content (AvgIpc) is 3.64. The number of nitrogens with one attached hydrogen (secondary N) is 4. The molecule has 0 aliphatic carbocycles. The predicted molar refractivity (Wildman–Crippen MR) is 151 cm³/mol. The second kappa shape index (κ2) is 8.77. The number of aromatic amines is 1. The molecular weight excluding hydrogens is 530 g/mol. The van der Waals surface area contributed by atoms with Gasteiger partial charge >= 0.3 is 0 Å². The number of aromatic nitrogens is 1. The monoisotopic (exact) mass is 553 g/mol. The van der Waals surface area contributed by atoms with Gasteiger partial charge in [0, 0.05) is 41.3 Å². The molecule has 4 atom stereocenters. The summed E-state index contributed by atoms with van der Waals surface area (Å²) in [6.07, 6.45) is 2.33. The molecule has 3 aromatic carbocycles. The first-order valence-electron chi connectivity index (χ1n) is 13.0. The van der Waals surface area contributed by atoms with E-state index in [0.717, 1.165) is 16.5 Å². The van der Waals surface area contributed by atoms with E-state index in [4.69, 9.17) is 11.6 Å². The van der Waals surface area contributed by atoms with Gasteiger partial charge in [0.2, 0.25) is 23.6 Å². The van der Waals surface area contributed by atoms with Crippen molar-refractivity contribution in [2.24, 2.45) is 11.8 Å². The van der Waals surface area contributed by atoms with E-state index < -0.39 is 35.2 Å². The first-order chi connectivity index (χ1) is 19.3. The fraction of sp³-hybridized carbons (Fsp3) is 0.200. The van der Waals surface area contributed by atoms with Crippen LogP contribution in [0, 0.1) is 11.8 Å². The Kier molecular flexibility index (Phi) is 5.39. The summed E-state index contributed by atoms with van der Waals surface area (Å²) in [7, 11) is 0. The fourth-order valence-corrected chi connectivity index (χ4v) is 6.88. The molecule has 1 aromatic heterocycles. The van der Waals surface area contributed by atoms with Crippen LogP contribution in [0.1, 0.15) is 18.1 Å². The number of nitrogens with zero attached hydrogens (tertiary/aromatic N) is 1. The maximum absolute atomic E-state index is 14.2. The standard InChI is InChI=1S/C30H24ClN5O4/c1-15(37)33-17-9-11-18(12-10-17)36-27(38)24-23(13-16-14-32-22-8-3-2-5-19(16)22)35-30(25(24)28(36)39)20-6-4-7-21(31)26(20)34-29(30)40/h2-12,14,23-25,32,35H,13H2,1H3,(H,33,37)(H,34,40)/t23-,24+,25-,30+/m0/s1. The Bertz CT molecular complexity index is 1750. The van der Waals surface area contributed by atoms with E-state index in [1.807, 2.05) is 30.5 Å². The first-order valence-corrected chi connectivity index (χ1v) is 13.4. The highest BCUT2D eigenvalue weighted by atomic mass is 35.5. The van der Waals surface area contributed by atoms with Gasteiger partial charge < -0.3 is 15.6 Å². The summed E-state index contributed by atoms with van der Waals surface area (Å²) in [5.74, 6) is -3.25. The number of fused-ring (bicyclic) bond motifs is 5. The Balaban J connectivity index is 1.34. The molecule has 0 saturated carbocycles. The lowest BCUT2D eigenvalue weighted by Crippen LogP contribution is -2.53. The van der Waals surface area contributed by atoms with Crippen molar-refractivity contribution in [3.63, 3.8) is 0 Å². The van der Waals surface area contributed by atoms with Gasteiger partial charge in [-0.1, -0.05) is 41.9 Å². The molecule has 10 heteroatoms. The number of rotatable bonds is 4. The van der Waals surface area contributed by atoms with E-state index in [0.29, 0.717) is 34.1 Å². The van der Waals surface area contributed by atoms with Crippen molar-refractivity contribution in [3.05, 3.63) is 89.1 Å². The van der Waals surface area contributed by atoms with Crippen molar-refractivity contribution in [2.45, 2.75) is 24.9 Å². The molecule has 4 heterocycles. The van der Waals surface area contributed by atoms with Crippen LogP contribution in [0.15, 0.2) is 72.9 Å². The lowest BCUT2D eigenvalue weighted by Gasteiger charge is -2.29. The van der Waals surface area contributed by atoms with Crippen LogP contribution in [0.3, 0.4) is 0 Å². The first kappa shape index (κ1) is 24.6. The second-order valence-corrected chi connectivity index (χ2v) is 10.9. The van der Waals surface area contributed by atoms with Crippen LogP contribution in [-0.4, -0.2) is 34.7 Å². The zero-order chi connectivity index (χ0) is 27.8. The van der Waals surface area contributed by atoms with Gasteiger partial charge in [-0.3, -0.25) is 24.5 Å². The van der Waals surface area contributed by atoms with Gasteiger partial charge in [0.25, 0.3) is 0 Å². The fourth-order valence-electron chi connectivity index (χ4n) is 6.66. The second-order valence-electron chi connectivity index (χ2n) is 10.5. The largest absolute Gasteiger partial charge is 0.361 e. The maximum atomic E-state index is 14.2. The van der Waals surface area contributed by atoms with Crippen LogP contribution in [0.5, 0.6) is 0 Å². The van der Waals surface area contributed by atoms with Crippen molar-refractivity contribution in [3.8, 4) is 0 Å². The Labute approximate surface area is 233 Å². The summed E-state index contributed by atoms with van der Waals surface area (Å²) < 4.78 is 0. The highest BCUT2D eigenvalue weighted by Gasteiger charge is 2.70. The van der Waals surface area contributed by atoms with Crippen LogP contribution in [0.25, 0.3) is 10.9 Å². The molecule has 200 valence electrons. The van der Waals surface area contributed by atoms with Crippen molar-refractivity contribution < 1.29 is 19.2 Å². The summed E-state index contributed by atoms with van der Waals surface area (Å²) in [6.45, 7) is 1.40. The van der Waals surface area contributed by atoms with E-state index in [9.17, 15) is 19.2 Å². The Morgan fingerprint density at radius 1 is 1.00 bits per heavy atom. The molecule has 0 unspecified atom stereocenters. The molecular formula is C30H24ClN5O4. The molecule has 4 amide bonds. The van der Waals surface area contributed by atoms with Gasteiger partial charge in [0.15, 0.2) is 0 Å². The molecule has 2 fully saturated rings. The zero-order valence-electron chi connectivity index (χ0n) is 21.3. The molecule has 9 nitrogen and oxygen atoms in total. The van der Waals surface area contributed by atoms with Crippen molar-refractivity contribution in [2.75, 3.05) is 15.5 Å². The Morgan fingerprint density at radius 2 is 1.77 bits per heavy atom. The zero-order valence-corrected chi connectivity index (χ0v) is 22.1. The molecule has 7 rings (SSSR count). The lowest BCUT2D eigenvalue weighted by atomic mass is 9.76. The highest BCUT2D eigenvalue weighted by molar-refractivity contribution is 6.35. The number of carbonyl (C=O) groups excluding carboxylic acids is 4. The smallest absolute Gasteiger partial charge is 0.250 e. The minimum atomic E-state index is -1.46. The average molecular weight is 554 g/mol. The molecule has 3 aliphatic rings. The van der Waals surface area contributed by atoms with E-state index in [-0.39, 0.29) is 11.8 Å². The summed E-state index contributed by atoms with van der Waals surface area (Å²) in [5.41, 5.74) is 2.42. The predicted octanol–water partition coefficient (Wildman–Crippen LogP) is 3.95. The summed E-state index contributed by atoms with van der Waals surface area (Å²) in [4.78, 5) is 58.0. The van der Waals surface area contributed by atoms with Crippen LogP contribution >= 0.6 is 11.6 Å². The Morgan fingerprint density at radius 3 is 2.55 bits per heavy atom.